The van der Waals surface area contributed by atoms with Gasteiger partial charge in [0.25, 0.3) is 5.56 Å². The summed E-state index contributed by atoms with van der Waals surface area (Å²) < 4.78 is 1.82. The molecule has 2 heterocycles. The maximum Gasteiger partial charge on any atom is 0.254 e. The van der Waals surface area contributed by atoms with Gasteiger partial charge in [-0.2, -0.15) is 0 Å². The normalized spacial score (nSPS) is 19.2. The molecular formula is C16H20N2O. The molecule has 0 bridgehead atoms. The Morgan fingerprint density at radius 2 is 2.05 bits per heavy atom. The fourth-order valence-electron chi connectivity index (χ4n) is 3.30. The van der Waals surface area contributed by atoms with E-state index >= 15 is 0 Å². The van der Waals surface area contributed by atoms with Gasteiger partial charge in [0, 0.05) is 25.1 Å². The van der Waals surface area contributed by atoms with Crippen LogP contribution in [0, 0.1) is 13.8 Å². The lowest BCUT2D eigenvalue weighted by Gasteiger charge is -2.15. The van der Waals surface area contributed by atoms with E-state index in [1.165, 1.54) is 16.5 Å². The summed E-state index contributed by atoms with van der Waals surface area (Å²) in [6.07, 6.45) is 1.06. The zero-order valence-corrected chi connectivity index (χ0v) is 11.8. The van der Waals surface area contributed by atoms with Gasteiger partial charge >= 0.3 is 0 Å². The Bertz CT molecular complexity index is 694. The molecule has 3 nitrogen and oxygen atoms in total. The van der Waals surface area contributed by atoms with Crippen molar-refractivity contribution >= 4 is 10.9 Å². The van der Waals surface area contributed by atoms with Gasteiger partial charge in [0.2, 0.25) is 0 Å². The second-order valence-corrected chi connectivity index (χ2v) is 5.67. The summed E-state index contributed by atoms with van der Waals surface area (Å²) in [4.78, 5) is 12.5. The monoisotopic (exact) mass is 256 g/mol. The lowest BCUT2D eigenvalue weighted by atomic mass is 9.96. The largest absolute Gasteiger partial charge is 0.316 e. The number of rotatable bonds is 1. The van der Waals surface area contributed by atoms with E-state index in [1.807, 2.05) is 11.6 Å². The minimum atomic E-state index is 0.160. The molecule has 1 aliphatic heterocycles. The first-order chi connectivity index (χ1) is 9.08. The van der Waals surface area contributed by atoms with E-state index in [4.69, 9.17) is 0 Å². The predicted molar refractivity (Wildman–Crippen MR) is 78.9 cm³/mol. The fraction of sp³-hybridized carbons (Fsp3) is 0.438. The van der Waals surface area contributed by atoms with E-state index in [2.05, 4.69) is 37.4 Å². The van der Waals surface area contributed by atoms with E-state index in [9.17, 15) is 4.79 Å². The van der Waals surface area contributed by atoms with Crippen LogP contribution in [0.2, 0.25) is 0 Å². The molecule has 0 amide bonds. The smallest absolute Gasteiger partial charge is 0.254 e. The number of hydrogen-bond donors (Lipinski definition) is 1. The molecule has 1 aliphatic rings. The molecule has 1 saturated heterocycles. The molecule has 100 valence electrons. The van der Waals surface area contributed by atoms with Crippen LogP contribution in [0.5, 0.6) is 0 Å². The SMILES string of the molecule is Cc1cc(C)c2c(c1)cc(C1CCNC1)c(=O)n2C. The predicted octanol–water partition coefficient (Wildman–Crippen LogP) is 2.23. The Balaban J connectivity index is 2.31. The molecule has 1 N–H and O–H groups in total. The average Bonchev–Trinajstić information content (AvgIpc) is 2.86. The lowest BCUT2D eigenvalue weighted by molar-refractivity contribution is 0.733. The molecule has 1 aromatic heterocycles. The zero-order valence-electron chi connectivity index (χ0n) is 11.8. The highest BCUT2D eigenvalue weighted by Gasteiger charge is 2.21. The minimum Gasteiger partial charge on any atom is -0.316 e. The van der Waals surface area contributed by atoms with Crippen molar-refractivity contribution in [2.24, 2.45) is 7.05 Å². The van der Waals surface area contributed by atoms with Gasteiger partial charge in [-0.1, -0.05) is 11.6 Å². The Morgan fingerprint density at radius 1 is 1.26 bits per heavy atom. The number of fused-ring (bicyclic) bond motifs is 1. The van der Waals surface area contributed by atoms with E-state index in [0.29, 0.717) is 5.92 Å². The molecule has 0 aliphatic carbocycles. The lowest BCUT2D eigenvalue weighted by Crippen LogP contribution is -2.24. The summed E-state index contributed by atoms with van der Waals surface area (Å²) in [6, 6.07) is 6.42. The van der Waals surface area contributed by atoms with Crippen molar-refractivity contribution < 1.29 is 0 Å². The summed E-state index contributed by atoms with van der Waals surface area (Å²) in [5, 5.41) is 4.52. The fourth-order valence-corrected chi connectivity index (χ4v) is 3.30. The van der Waals surface area contributed by atoms with Crippen LogP contribution in [0.1, 0.15) is 29.0 Å². The first-order valence-electron chi connectivity index (χ1n) is 6.89. The zero-order chi connectivity index (χ0) is 13.6. The van der Waals surface area contributed by atoms with E-state index in [1.54, 1.807) is 0 Å². The maximum absolute atomic E-state index is 12.5. The third-order valence-corrected chi connectivity index (χ3v) is 4.17. The van der Waals surface area contributed by atoms with Gasteiger partial charge in [0.15, 0.2) is 0 Å². The molecule has 2 aromatic rings. The highest BCUT2D eigenvalue weighted by molar-refractivity contribution is 5.83. The quantitative estimate of drug-likeness (QED) is 0.849. The van der Waals surface area contributed by atoms with Crippen molar-refractivity contribution in [2.45, 2.75) is 26.2 Å². The standard InChI is InChI=1S/C16H20N2O/c1-10-6-11(2)15-13(7-10)8-14(16(19)18(15)3)12-4-5-17-9-12/h6-8,12,17H,4-5,9H2,1-3H3. The maximum atomic E-state index is 12.5. The molecule has 0 spiro atoms. The summed E-state index contributed by atoms with van der Waals surface area (Å²) in [5.41, 5.74) is 4.60. The Hall–Kier alpha value is -1.61. The van der Waals surface area contributed by atoms with Gasteiger partial charge < -0.3 is 9.88 Å². The first-order valence-corrected chi connectivity index (χ1v) is 6.89. The molecule has 1 atom stereocenters. The summed E-state index contributed by atoms with van der Waals surface area (Å²) in [7, 11) is 1.89. The number of pyridine rings is 1. The van der Waals surface area contributed by atoms with E-state index < -0.39 is 0 Å². The molecule has 1 unspecified atom stereocenters. The number of nitrogens with one attached hydrogen (secondary N) is 1. The second kappa shape index (κ2) is 4.49. The molecule has 3 heteroatoms. The highest BCUT2D eigenvalue weighted by atomic mass is 16.1. The molecule has 1 fully saturated rings. The molecule has 0 radical (unpaired) electrons. The van der Waals surface area contributed by atoms with Crippen LogP contribution in [-0.4, -0.2) is 17.7 Å². The molecular weight excluding hydrogens is 236 g/mol. The van der Waals surface area contributed by atoms with Crippen molar-refractivity contribution in [3.63, 3.8) is 0 Å². The van der Waals surface area contributed by atoms with E-state index in [0.717, 1.165) is 30.6 Å². The van der Waals surface area contributed by atoms with Crippen LogP contribution in [0.4, 0.5) is 0 Å². The van der Waals surface area contributed by atoms with Gasteiger partial charge in [0.05, 0.1) is 5.52 Å². The van der Waals surface area contributed by atoms with Crippen LogP contribution < -0.4 is 10.9 Å². The van der Waals surface area contributed by atoms with Crippen molar-refractivity contribution in [2.75, 3.05) is 13.1 Å². The van der Waals surface area contributed by atoms with Gasteiger partial charge in [0.1, 0.15) is 0 Å². The molecule has 19 heavy (non-hydrogen) atoms. The molecule has 3 rings (SSSR count). The van der Waals surface area contributed by atoms with Crippen LogP contribution in [0.3, 0.4) is 0 Å². The second-order valence-electron chi connectivity index (χ2n) is 5.67. The van der Waals surface area contributed by atoms with Crippen LogP contribution in [0.15, 0.2) is 23.0 Å². The van der Waals surface area contributed by atoms with Crippen molar-refractivity contribution in [1.29, 1.82) is 0 Å². The van der Waals surface area contributed by atoms with Gasteiger partial charge in [-0.25, -0.2) is 0 Å². The number of benzene rings is 1. The highest BCUT2D eigenvalue weighted by Crippen LogP contribution is 2.25. The topological polar surface area (TPSA) is 34.0 Å². The van der Waals surface area contributed by atoms with Gasteiger partial charge in [-0.15, -0.1) is 0 Å². The summed E-state index contributed by atoms with van der Waals surface area (Å²) >= 11 is 0. The van der Waals surface area contributed by atoms with Crippen molar-refractivity contribution in [3.05, 3.63) is 45.2 Å². The van der Waals surface area contributed by atoms with Crippen molar-refractivity contribution in [3.8, 4) is 0 Å². The average molecular weight is 256 g/mol. The Kier molecular flexibility index (Phi) is 2.94. The molecule has 0 saturated carbocycles. The van der Waals surface area contributed by atoms with Crippen LogP contribution in [0.25, 0.3) is 10.9 Å². The van der Waals surface area contributed by atoms with Crippen molar-refractivity contribution in [1.82, 2.24) is 9.88 Å². The van der Waals surface area contributed by atoms with Gasteiger partial charge in [-0.05, 0) is 49.9 Å². The minimum absolute atomic E-state index is 0.160. The third kappa shape index (κ3) is 1.98. The number of aryl methyl sites for hydroxylation is 3. The Labute approximate surface area is 113 Å². The first kappa shape index (κ1) is 12.4. The summed E-state index contributed by atoms with van der Waals surface area (Å²) in [6.45, 7) is 6.12. The number of hydrogen-bond acceptors (Lipinski definition) is 2. The molecule has 1 aromatic carbocycles. The van der Waals surface area contributed by atoms with Gasteiger partial charge in [-0.3, -0.25) is 4.79 Å². The summed E-state index contributed by atoms with van der Waals surface area (Å²) in [5.74, 6) is 0.365. The number of aromatic nitrogens is 1. The number of nitrogens with zero attached hydrogens (tertiary/aromatic N) is 1. The van der Waals surface area contributed by atoms with Crippen LogP contribution >= 0.6 is 0 Å². The third-order valence-electron chi connectivity index (χ3n) is 4.17. The van der Waals surface area contributed by atoms with E-state index in [-0.39, 0.29) is 5.56 Å². The van der Waals surface area contributed by atoms with Crippen LogP contribution in [-0.2, 0) is 7.05 Å². The Morgan fingerprint density at radius 3 is 2.74 bits per heavy atom.